The number of hydrogen-bond acceptors (Lipinski definition) is 6. The minimum absolute atomic E-state index is 0.0643. The summed E-state index contributed by atoms with van der Waals surface area (Å²) in [7, 11) is 0. The zero-order valence-corrected chi connectivity index (χ0v) is 11.3. The lowest BCUT2D eigenvalue weighted by molar-refractivity contribution is 0.0927. The van der Waals surface area contributed by atoms with E-state index in [1.165, 1.54) is 11.0 Å². The molecule has 1 saturated heterocycles. The first-order valence-corrected chi connectivity index (χ1v) is 6.74. The van der Waals surface area contributed by atoms with Crippen molar-refractivity contribution in [3.63, 3.8) is 0 Å². The molecule has 2 unspecified atom stereocenters. The van der Waals surface area contributed by atoms with Crippen LogP contribution in [0.15, 0.2) is 30.6 Å². The van der Waals surface area contributed by atoms with E-state index in [2.05, 4.69) is 26.2 Å². The third kappa shape index (κ3) is 3.06. The van der Waals surface area contributed by atoms with Crippen LogP contribution in [0.3, 0.4) is 0 Å². The van der Waals surface area contributed by atoms with Crippen molar-refractivity contribution < 1.29 is 9.90 Å². The maximum Gasteiger partial charge on any atom is 0.251 e. The molecule has 110 valence electrons. The number of aromatic nitrogens is 4. The molecule has 2 aromatic rings. The molecule has 0 spiro atoms. The molecule has 8 heteroatoms. The molecule has 1 fully saturated rings. The molecule has 21 heavy (non-hydrogen) atoms. The molecular weight excluding hydrogens is 272 g/mol. The van der Waals surface area contributed by atoms with Crippen LogP contribution in [-0.4, -0.2) is 57.0 Å². The fourth-order valence-electron chi connectivity index (χ4n) is 2.30. The molecule has 2 heterocycles. The number of rotatable bonds is 4. The van der Waals surface area contributed by atoms with Crippen molar-refractivity contribution in [1.29, 1.82) is 0 Å². The summed E-state index contributed by atoms with van der Waals surface area (Å²) in [6.07, 6.45) is 1.09. The van der Waals surface area contributed by atoms with Gasteiger partial charge in [-0.3, -0.25) is 4.79 Å². The Hall–Kier alpha value is -2.32. The van der Waals surface area contributed by atoms with E-state index < -0.39 is 6.10 Å². The third-order valence-corrected chi connectivity index (χ3v) is 3.57. The van der Waals surface area contributed by atoms with Gasteiger partial charge >= 0.3 is 0 Å². The van der Waals surface area contributed by atoms with Crippen LogP contribution >= 0.6 is 0 Å². The van der Waals surface area contributed by atoms with E-state index in [1.54, 1.807) is 24.3 Å². The molecule has 1 aliphatic rings. The number of carbonyl (C=O) groups is 1. The predicted molar refractivity (Wildman–Crippen MR) is 73.9 cm³/mol. The molecule has 0 saturated carbocycles. The number of aliphatic hydroxyl groups is 1. The number of aliphatic hydroxyl groups excluding tert-OH is 1. The SMILES string of the molecule is O=C(NCC1CNCC1O)c1ccc(-n2cnnn2)cc1. The van der Waals surface area contributed by atoms with Crippen LogP contribution in [0, 0.1) is 5.92 Å². The second-order valence-electron chi connectivity index (χ2n) is 5.00. The molecule has 2 atom stereocenters. The summed E-state index contributed by atoms with van der Waals surface area (Å²) in [6, 6.07) is 6.99. The predicted octanol–water partition coefficient (Wildman–Crippen LogP) is -1.03. The summed E-state index contributed by atoms with van der Waals surface area (Å²) < 4.78 is 1.52. The van der Waals surface area contributed by atoms with E-state index in [1.807, 2.05) is 0 Å². The summed E-state index contributed by atoms with van der Waals surface area (Å²) in [5.74, 6) is -0.0909. The van der Waals surface area contributed by atoms with Gasteiger partial charge in [-0.05, 0) is 34.7 Å². The lowest BCUT2D eigenvalue weighted by atomic mass is 10.1. The van der Waals surface area contributed by atoms with Gasteiger partial charge in [0.15, 0.2) is 0 Å². The van der Waals surface area contributed by atoms with Crippen molar-refractivity contribution in [2.24, 2.45) is 5.92 Å². The van der Waals surface area contributed by atoms with Gasteiger partial charge in [-0.15, -0.1) is 5.10 Å². The van der Waals surface area contributed by atoms with Crippen LogP contribution < -0.4 is 10.6 Å². The number of amides is 1. The lowest BCUT2D eigenvalue weighted by Gasteiger charge is -2.14. The monoisotopic (exact) mass is 288 g/mol. The molecule has 1 aromatic heterocycles. The van der Waals surface area contributed by atoms with E-state index in [0.717, 1.165) is 12.2 Å². The third-order valence-electron chi connectivity index (χ3n) is 3.57. The highest BCUT2D eigenvalue weighted by Gasteiger charge is 2.25. The second-order valence-corrected chi connectivity index (χ2v) is 5.00. The first-order valence-electron chi connectivity index (χ1n) is 6.74. The zero-order valence-electron chi connectivity index (χ0n) is 11.3. The molecule has 0 bridgehead atoms. The largest absolute Gasteiger partial charge is 0.391 e. The lowest BCUT2D eigenvalue weighted by Crippen LogP contribution is -2.34. The maximum atomic E-state index is 12.0. The molecule has 8 nitrogen and oxygen atoms in total. The smallest absolute Gasteiger partial charge is 0.251 e. The van der Waals surface area contributed by atoms with Crippen LogP contribution in [0.25, 0.3) is 5.69 Å². The van der Waals surface area contributed by atoms with E-state index in [-0.39, 0.29) is 11.8 Å². The second kappa shape index (κ2) is 5.98. The van der Waals surface area contributed by atoms with Crippen LogP contribution in [0.2, 0.25) is 0 Å². The average molecular weight is 288 g/mol. The normalized spacial score (nSPS) is 21.4. The number of carbonyl (C=O) groups excluding carboxylic acids is 1. The number of nitrogens with one attached hydrogen (secondary N) is 2. The highest BCUT2D eigenvalue weighted by Crippen LogP contribution is 2.10. The summed E-state index contributed by atoms with van der Waals surface area (Å²) >= 11 is 0. The van der Waals surface area contributed by atoms with E-state index in [0.29, 0.717) is 18.7 Å². The molecule has 0 radical (unpaired) electrons. The van der Waals surface area contributed by atoms with E-state index >= 15 is 0 Å². The van der Waals surface area contributed by atoms with Crippen molar-refractivity contribution >= 4 is 5.91 Å². The molecule has 3 rings (SSSR count). The van der Waals surface area contributed by atoms with Crippen LogP contribution in [0.4, 0.5) is 0 Å². The standard InChI is InChI=1S/C13H16N6O2/c20-12-7-14-5-10(12)6-15-13(21)9-1-3-11(4-2-9)19-8-16-17-18-19/h1-4,8,10,12,14,20H,5-7H2,(H,15,21). The molecule has 0 aliphatic carbocycles. The van der Waals surface area contributed by atoms with Gasteiger partial charge in [0.25, 0.3) is 5.91 Å². The van der Waals surface area contributed by atoms with Gasteiger partial charge in [0, 0.05) is 31.1 Å². The maximum absolute atomic E-state index is 12.0. The Morgan fingerprint density at radius 2 is 2.19 bits per heavy atom. The summed E-state index contributed by atoms with van der Waals surface area (Å²) in [5.41, 5.74) is 1.35. The minimum atomic E-state index is -0.396. The number of nitrogens with zero attached hydrogens (tertiary/aromatic N) is 4. The Balaban J connectivity index is 1.60. The van der Waals surface area contributed by atoms with Crippen molar-refractivity contribution in [2.45, 2.75) is 6.10 Å². The fourth-order valence-corrected chi connectivity index (χ4v) is 2.30. The Morgan fingerprint density at radius 1 is 1.38 bits per heavy atom. The minimum Gasteiger partial charge on any atom is -0.391 e. The molecule has 1 aliphatic heterocycles. The number of hydrogen-bond donors (Lipinski definition) is 3. The number of tetrazole rings is 1. The van der Waals surface area contributed by atoms with Gasteiger partial charge in [0.05, 0.1) is 11.8 Å². The Morgan fingerprint density at radius 3 is 2.81 bits per heavy atom. The topological polar surface area (TPSA) is 105 Å². The molecule has 3 N–H and O–H groups in total. The van der Waals surface area contributed by atoms with Crippen LogP contribution in [0.1, 0.15) is 10.4 Å². The van der Waals surface area contributed by atoms with E-state index in [4.69, 9.17) is 0 Å². The molecule has 1 amide bonds. The van der Waals surface area contributed by atoms with Gasteiger partial charge in [-0.1, -0.05) is 0 Å². The van der Waals surface area contributed by atoms with Crippen molar-refractivity contribution in [3.05, 3.63) is 36.2 Å². The highest BCUT2D eigenvalue weighted by molar-refractivity contribution is 5.94. The first-order chi connectivity index (χ1) is 10.2. The Kier molecular flexibility index (Phi) is 3.89. The van der Waals surface area contributed by atoms with Crippen LogP contribution in [-0.2, 0) is 0 Å². The number of benzene rings is 1. The van der Waals surface area contributed by atoms with Gasteiger partial charge < -0.3 is 15.7 Å². The molecule has 1 aromatic carbocycles. The molecular formula is C13H16N6O2. The van der Waals surface area contributed by atoms with Gasteiger partial charge in [-0.2, -0.15) is 0 Å². The fraction of sp³-hybridized carbons (Fsp3) is 0.385. The summed E-state index contributed by atoms with van der Waals surface area (Å²) in [4.78, 5) is 12.0. The van der Waals surface area contributed by atoms with E-state index in [9.17, 15) is 9.90 Å². The zero-order chi connectivity index (χ0) is 14.7. The highest BCUT2D eigenvalue weighted by atomic mass is 16.3. The first kappa shape index (κ1) is 13.7. The van der Waals surface area contributed by atoms with Crippen molar-refractivity contribution in [3.8, 4) is 5.69 Å². The number of β-amino-alcohol motifs (C(OH)–C–C–N with tert-alkyl or cyclic N) is 1. The van der Waals surface area contributed by atoms with Crippen molar-refractivity contribution in [1.82, 2.24) is 30.8 Å². The Bertz CT molecular complexity index is 598. The Labute approximate surface area is 121 Å². The van der Waals surface area contributed by atoms with Crippen LogP contribution in [0.5, 0.6) is 0 Å². The average Bonchev–Trinajstić information content (AvgIpc) is 3.17. The van der Waals surface area contributed by atoms with Gasteiger partial charge in [-0.25, -0.2) is 4.68 Å². The van der Waals surface area contributed by atoms with Gasteiger partial charge in [0.1, 0.15) is 6.33 Å². The summed E-state index contributed by atoms with van der Waals surface area (Å²) in [5, 5.41) is 26.5. The van der Waals surface area contributed by atoms with Gasteiger partial charge in [0.2, 0.25) is 0 Å². The quantitative estimate of drug-likeness (QED) is 0.664. The summed E-state index contributed by atoms with van der Waals surface area (Å²) in [6.45, 7) is 1.77. The van der Waals surface area contributed by atoms with Crippen molar-refractivity contribution in [2.75, 3.05) is 19.6 Å².